The summed E-state index contributed by atoms with van der Waals surface area (Å²) in [6.45, 7) is 2.15. The molecule has 0 bridgehead atoms. The van der Waals surface area contributed by atoms with Crippen molar-refractivity contribution in [2.45, 2.75) is 37.9 Å². The monoisotopic (exact) mass is 217 g/mol. The van der Waals surface area contributed by atoms with Crippen LogP contribution in [0.15, 0.2) is 4.99 Å². The lowest BCUT2D eigenvalue weighted by Gasteiger charge is -2.22. The minimum atomic E-state index is -0.0740. The maximum absolute atomic E-state index is 6.31. The minimum absolute atomic E-state index is 0.0740. The highest BCUT2D eigenvalue weighted by Crippen LogP contribution is 2.36. The molecule has 0 aromatic carbocycles. The standard InChI is InChI=1S/C12H20BN3/c1-12(13)7-5-6-9-10(8-12)16(4)11(14-2)15(9)3/h5-8H2,1-4H3. The molecule has 1 unspecified atom stereocenters. The molecule has 0 saturated carbocycles. The smallest absolute Gasteiger partial charge is 0.204 e. The van der Waals surface area contributed by atoms with E-state index in [1.54, 1.807) is 0 Å². The van der Waals surface area contributed by atoms with Gasteiger partial charge in [0.25, 0.3) is 0 Å². The second kappa shape index (κ2) is 3.83. The molecule has 1 aliphatic rings. The van der Waals surface area contributed by atoms with Gasteiger partial charge in [0.05, 0.1) is 7.85 Å². The highest BCUT2D eigenvalue weighted by molar-refractivity contribution is 6.15. The largest absolute Gasteiger partial charge is 0.317 e. The molecule has 1 aromatic rings. The van der Waals surface area contributed by atoms with Gasteiger partial charge < -0.3 is 9.13 Å². The second-order valence-corrected chi connectivity index (χ2v) is 5.22. The first-order valence-electron chi connectivity index (χ1n) is 5.91. The molecule has 16 heavy (non-hydrogen) atoms. The van der Waals surface area contributed by atoms with E-state index in [0.29, 0.717) is 0 Å². The topological polar surface area (TPSA) is 22.2 Å². The first kappa shape index (κ1) is 11.6. The summed E-state index contributed by atoms with van der Waals surface area (Å²) in [5.41, 5.74) is 3.78. The van der Waals surface area contributed by atoms with Crippen LogP contribution in [0, 0.1) is 0 Å². The van der Waals surface area contributed by atoms with Crippen LogP contribution >= 0.6 is 0 Å². The Morgan fingerprint density at radius 1 is 1.25 bits per heavy atom. The Kier molecular flexibility index (Phi) is 2.76. The highest BCUT2D eigenvalue weighted by Gasteiger charge is 2.26. The van der Waals surface area contributed by atoms with Crippen molar-refractivity contribution in [2.24, 2.45) is 19.1 Å². The van der Waals surface area contributed by atoms with Crippen LogP contribution < -0.4 is 5.62 Å². The van der Waals surface area contributed by atoms with E-state index in [-0.39, 0.29) is 5.31 Å². The van der Waals surface area contributed by atoms with Crippen molar-refractivity contribution in [1.29, 1.82) is 0 Å². The van der Waals surface area contributed by atoms with Crippen molar-refractivity contribution < 1.29 is 0 Å². The number of aromatic nitrogens is 2. The van der Waals surface area contributed by atoms with Gasteiger partial charge in [0, 0.05) is 32.5 Å². The van der Waals surface area contributed by atoms with Gasteiger partial charge in [-0.2, -0.15) is 0 Å². The average Bonchev–Trinajstić information content (AvgIpc) is 2.37. The van der Waals surface area contributed by atoms with Gasteiger partial charge in [0.1, 0.15) is 0 Å². The summed E-state index contributed by atoms with van der Waals surface area (Å²) in [6.07, 6.45) is 4.32. The molecule has 2 radical (unpaired) electrons. The number of rotatable bonds is 0. The van der Waals surface area contributed by atoms with Crippen molar-refractivity contribution in [2.75, 3.05) is 7.05 Å². The van der Waals surface area contributed by atoms with Crippen LogP contribution in [0.5, 0.6) is 0 Å². The Hall–Kier alpha value is -0.925. The first-order valence-corrected chi connectivity index (χ1v) is 5.91. The minimum Gasteiger partial charge on any atom is -0.317 e. The number of fused-ring (bicyclic) bond motifs is 1. The number of hydrogen-bond donors (Lipinski definition) is 0. The molecular formula is C12H20BN3. The molecule has 1 aromatic heterocycles. The van der Waals surface area contributed by atoms with Gasteiger partial charge >= 0.3 is 0 Å². The second-order valence-electron chi connectivity index (χ2n) is 5.22. The summed E-state index contributed by atoms with van der Waals surface area (Å²) in [7, 11) is 12.3. The normalized spacial score (nSPS) is 26.6. The van der Waals surface area contributed by atoms with Crippen molar-refractivity contribution in [1.82, 2.24) is 9.13 Å². The molecule has 0 saturated heterocycles. The van der Waals surface area contributed by atoms with E-state index in [9.17, 15) is 0 Å². The summed E-state index contributed by atoms with van der Waals surface area (Å²) in [5, 5.41) is -0.0740. The van der Waals surface area contributed by atoms with Crippen LogP contribution in [0.2, 0.25) is 5.31 Å². The van der Waals surface area contributed by atoms with Crippen molar-refractivity contribution in [3.8, 4) is 0 Å². The molecule has 0 fully saturated rings. The summed E-state index contributed by atoms with van der Waals surface area (Å²) in [4.78, 5) is 4.34. The zero-order valence-electron chi connectivity index (χ0n) is 10.7. The van der Waals surface area contributed by atoms with Gasteiger partial charge in [-0.3, -0.25) is 4.99 Å². The van der Waals surface area contributed by atoms with Crippen LogP contribution in [-0.2, 0) is 26.9 Å². The fourth-order valence-corrected chi connectivity index (χ4v) is 2.82. The van der Waals surface area contributed by atoms with Crippen molar-refractivity contribution in [3.63, 3.8) is 0 Å². The molecule has 0 spiro atoms. The number of hydrogen-bond acceptors (Lipinski definition) is 1. The molecule has 1 atom stereocenters. The lowest BCUT2D eigenvalue weighted by molar-refractivity contribution is 0.532. The molecule has 86 valence electrons. The Balaban J connectivity index is 2.61. The van der Waals surface area contributed by atoms with Gasteiger partial charge in [0.2, 0.25) is 5.62 Å². The van der Waals surface area contributed by atoms with Crippen molar-refractivity contribution >= 4 is 7.85 Å². The molecule has 0 N–H and O–H groups in total. The number of nitrogens with zero attached hydrogens (tertiary/aromatic N) is 3. The maximum atomic E-state index is 6.31. The fourth-order valence-electron chi connectivity index (χ4n) is 2.82. The van der Waals surface area contributed by atoms with Crippen LogP contribution in [0.1, 0.15) is 31.2 Å². The van der Waals surface area contributed by atoms with Crippen LogP contribution in [0.4, 0.5) is 0 Å². The SMILES string of the molecule is [B]C1(C)CCCc2c(n(C)c(=NC)n2C)C1. The van der Waals surface area contributed by atoms with E-state index in [1.165, 1.54) is 17.8 Å². The fraction of sp³-hybridized carbons (Fsp3) is 0.750. The summed E-state index contributed by atoms with van der Waals surface area (Å²) in [6, 6.07) is 0. The molecule has 4 heteroatoms. The third-order valence-corrected chi connectivity index (χ3v) is 3.68. The maximum Gasteiger partial charge on any atom is 0.204 e. The molecule has 0 amide bonds. The van der Waals surface area contributed by atoms with E-state index < -0.39 is 0 Å². The Labute approximate surface area is 98.6 Å². The third kappa shape index (κ3) is 1.74. The lowest BCUT2D eigenvalue weighted by Crippen LogP contribution is -2.24. The molecule has 2 rings (SSSR count). The van der Waals surface area contributed by atoms with Gasteiger partial charge in [-0.05, 0) is 19.3 Å². The van der Waals surface area contributed by atoms with Gasteiger partial charge in [0.15, 0.2) is 0 Å². The van der Waals surface area contributed by atoms with E-state index in [4.69, 9.17) is 7.85 Å². The van der Waals surface area contributed by atoms with E-state index in [2.05, 4.69) is 35.1 Å². The average molecular weight is 217 g/mol. The van der Waals surface area contributed by atoms with E-state index >= 15 is 0 Å². The Morgan fingerprint density at radius 2 is 1.88 bits per heavy atom. The summed E-state index contributed by atoms with van der Waals surface area (Å²) >= 11 is 0. The van der Waals surface area contributed by atoms with Crippen LogP contribution in [-0.4, -0.2) is 24.0 Å². The Bertz CT molecular complexity index is 465. The molecule has 1 heterocycles. The van der Waals surface area contributed by atoms with Gasteiger partial charge in [-0.1, -0.05) is 18.7 Å². The zero-order valence-corrected chi connectivity index (χ0v) is 10.7. The quantitative estimate of drug-likeness (QED) is 0.459. The third-order valence-electron chi connectivity index (χ3n) is 3.68. The van der Waals surface area contributed by atoms with Crippen molar-refractivity contribution in [3.05, 3.63) is 17.0 Å². The Morgan fingerprint density at radius 3 is 2.50 bits per heavy atom. The first-order chi connectivity index (χ1) is 7.46. The molecule has 0 aliphatic heterocycles. The van der Waals surface area contributed by atoms with Gasteiger partial charge in [-0.25, -0.2) is 0 Å². The summed E-state index contributed by atoms with van der Waals surface area (Å²) < 4.78 is 4.39. The summed E-state index contributed by atoms with van der Waals surface area (Å²) in [5.74, 6) is 0. The van der Waals surface area contributed by atoms with E-state index in [0.717, 1.165) is 24.9 Å². The van der Waals surface area contributed by atoms with Gasteiger partial charge in [-0.15, -0.1) is 0 Å². The predicted octanol–water partition coefficient (Wildman–Crippen LogP) is 1.12. The van der Waals surface area contributed by atoms with Crippen LogP contribution in [0.25, 0.3) is 0 Å². The highest BCUT2D eigenvalue weighted by atomic mass is 15.2. The molecule has 3 nitrogen and oxygen atoms in total. The lowest BCUT2D eigenvalue weighted by atomic mass is 9.65. The van der Waals surface area contributed by atoms with E-state index in [1.807, 2.05) is 7.05 Å². The number of imidazole rings is 1. The molecule has 1 aliphatic carbocycles. The molecular weight excluding hydrogens is 197 g/mol. The predicted molar refractivity (Wildman–Crippen MR) is 66.6 cm³/mol. The van der Waals surface area contributed by atoms with Crippen LogP contribution in [0.3, 0.4) is 0 Å². The zero-order chi connectivity index (χ0) is 11.9.